The quantitative estimate of drug-likeness (QED) is 0.803. The van der Waals surface area contributed by atoms with E-state index in [-0.39, 0.29) is 24.8 Å². The Morgan fingerprint density at radius 3 is 2.32 bits per heavy atom. The van der Waals surface area contributed by atoms with E-state index in [0.29, 0.717) is 12.5 Å². The first-order chi connectivity index (χ1) is 11.2. The molecule has 0 radical (unpaired) electrons. The van der Waals surface area contributed by atoms with Crippen LogP contribution < -0.4 is 5.73 Å². The minimum absolute atomic E-state index is 0. The summed E-state index contributed by atoms with van der Waals surface area (Å²) in [4.78, 5) is 19.1. The zero-order valence-electron chi connectivity index (χ0n) is 14.7. The van der Waals surface area contributed by atoms with Crippen molar-refractivity contribution in [2.75, 3.05) is 51.5 Å². The molecule has 2 saturated heterocycles. The number of carbonyl (C=O) groups is 1. The largest absolute Gasteiger partial charge is 0.399 e. The summed E-state index contributed by atoms with van der Waals surface area (Å²) in [5.74, 6) is 0.312. The number of benzene rings is 1. The predicted molar refractivity (Wildman–Crippen MR) is 107 cm³/mol. The summed E-state index contributed by atoms with van der Waals surface area (Å²) in [5.41, 5.74) is 7.96. The fourth-order valence-corrected chi connectivity index (χ4v) is 3.55. The van der Waals surface area contributed by atoms with Gasteiger partial charge in [0.2, 0.25) is 5.91 Å². The van der Waals surface area contributed by atoms with Gasteiger partial charge in [-0.15, -0.1) is 24.8 Å². The van der Waals surface area contributed by atoms with Crippen LogP contribution in [0.2, 0.25) is 0 Å². The highest BCUT2D eigenvalue weighted by atomic mass is 35.5. The monoisotopic (exact) mass is 388 g/mol. The third-order valence-electron chi connectivity index (χ3n) is 4.86. The fraction of sp³-hybridized carbons (Fsp3) is 0.611. The van der Waals surface area contributed by atoms with Crippen molar-refractivity contribution in [2.24, 2.45) is 0 Å². The van der Waals surface area contributed by atoms with Crippen molar-refractivity contribution in [1.82, 2.24) is 14.7 Å². The maximum atomic E-state index is 12.3. The summed E-state index contributed by atoms with van der Waals surface area (Å²) in [6.45, 7) is 7.54. The maximum absolute atomic E-state index is 12.3. The Balaban J connectivity index is 0.00000156. The van der Waals surface area contributed by atoms with Crippen molar-refractivity contribution >= 4 is 36.4 Å². The molecule has 0 aliphatic carbocycles. The van der Waals surface area contributed by atoms with E-state index in [2.05, 4.69) is 21.9 Å². The topological polar surface area (TPSA) is 52.8 Å². The van der Waals surface area contributed by atoms with Gasteiger partial charge in [0, 0.05) is 38.4 Å². The van der Waals surface area contributed by atoms with E-state index < -0.39 is 0 Å². The van der Waals surface area contributed by atoms with Crippen LogP contribution in [0.5, 0.6) is 0 Å². The van der Waals surface area contributed by atoms with Crippen LogP contribution in [0.3, 0.4) is 0 Å². The number of nitrogen functional groups attached to an aromatic ring is 1. The van der Waals surface area contributed by atoms with E-state index in [4.69, 9.17) is 5.73 Å². The Morgan fingerprint density at radius 2 is 1.60 bits per heavy atom. The highest BCUT2D eigenvalue weighted by Crippen LogP contribution is 2.13. The molecule has 0 aromatic heterocycles. The maximum Gasteiger partial charge on any atom is 0.236 e. The minimum atomic E-state index is 0. The van der Waals surface area contributed by atoms with Gasteiger partial charge in [-0.2, -0.15) is 0 Å². The van der Waals surface area contributed by atoms with Crippen molar-refractivity contribution in [1.29, 1.82) is 0 Å². The first kappa shape index (κ1) is 22.0. The Labute approximate surface area is 163 Å². The lowest BCUT2D eigenvalue weighted by atomic mass is 10.2. The molecule has 7 heteroatoms. The molecule has 5 nitrogen and oxygen atoms in total. The van der Waals surface area contributed by atoms with Gasteiger partial charge in [0.25, 0.3) is 0 Å². The molecule has 0 unspecified atom stereocenters. The van der Waals surface area contributed by atoms with Gasteiger partial charge in [-0.05, 0) is 50.0 Å². The van der Waals surface area contributed by atoms with Crippen molar-refractivity contribution < 1.29 is 4.79 Å². The molecular formula is C18H30Cl2N4O. The molecule has 2 heterocycles. The number of halogens is 2. The van der Waals surface area contributed by atoms with Gasteiger partial charge in [-0.1, -0.05) is 12.1 Å². The lowest BCUT2D eigenvalue weighted by Gasteiger charge is -2.24. The Morgan fingerprint density at radius 1 is 0.920 bits per heavy atom. The number of hydrogen-bond donors (Lipinski definition) is 1. The van der Waals surface area contributed by atoms with Gasteiger partial charge < -0.3 is 10.6 Å². The second-order valence-corrected chi connectivity index (χ2v) is 6.74. The third kappa shape index (κ3) is 6.66. The van der Waals surface area contributed by atoms with E-state index in [1.807, 2.05) is 17.0 Å². The minimum Gasteiger partial charge on any atom is -0.399 e. The number of carbonyl (C=O) groups excluding carboxylic acids is 1. The Kier molecular flexibility index (Phi) is 9.57. The standard InChI is InChI=1S/C18H28N4O.2ClH/c19-17-6-3-5-16(13-17)14-20-7-4-8-21(12-11-20)15-18(23)22-9-1-2-10-22;;/h3,5-6,13H,1-2,4,7-12,14-15,19H2;2*1H. The van der Waals surface area contributed by atoms with Crippen LogP contribution in [-0.4, -0.2) is 66.4 Å². The number of likely N-dealkylation sites (tertiary alicyclic amines) is 1. The number of nitrogens with two attached hydrogens (primary N) is 1. The molecule has 1 aromatic rings. The third-order valence-corrected chi connectivity index (χ3v) is 4.86. The molecule has 142 valence electrons. The summed E-state index contributed by atoms with van der Waals surface area (Å²) < 4.78 is 0. The number of hydrogen-bond acceptors (Lipinski definition) is 4. The molecule has 0 bridgehead atoms. The molecule has 2 aliphatic heterocycles. The molecular weight excluding hydrogens is 359 g/mol. The molecule has 1 amide bonds. The summed E-state index contributed by atoms with van der Waals surface area (Å²) in [7, 11) is 0. The van der Waals surface area contributed by atoms with Crippen molar-refractivity contribution in [3.05, 3.63) is 29.8 Å². The van der Waals surface area contributed by atoms with Gasteiger partial charge in [-0.3, -0.25) is 14.6 Å². The van der Waals surface area contributed by atoms with Crippen LogP contribution in [-0.2, 0) is 11.3 Å². The lowest BCUT2D eigenvalue weighted by molar-refractivity contribution is -0.131. The summed E-state index contributed by atoms with van der Waals surface area (Å²) in [6, 6.07) is 8.14. The summed E-state index contributed by atoms with van der Waals surface area (Å²) in [6.07, 6.45) is 3.45. The first-order valence-corrected chi connectivity index (χ1v) is 8.77. The van der Waals surface area contributed by atoms with Crippen LogP contribution >= 0.6 is 24.8 Å². The predicted octanol–water partition coefficient (Wildman–Crippen LogP) is 2.24. The average molecular weight is 389 g/mol. The van der Waals surface area contributed by atoms with Crippen molar-refractivity contribution in [3.63, 3.8) is 0 Å². The molecule has 25 heavy (non-hydrogen) atoms. The zero-order chi connectivity index (χ0) is 16.1. The number of anilines is 1. The van der Waals surface area contributed by atoms with Gasteiger partial charge in [-0.25, -0.2) is 0 Å². The first-order valence-electron chi connectivity index (χ1n) is 8.77. The summed E-state index contributed by atoms with van der Waals surface area (Å²) >= 11 is 0. The molecule has 2 N–H and O–H groups in total. The highest BCUT2D eigenvalue weighted by molar-refractivity contribution is 5.85. The molecule has 0 saturated carbocycles. The summed E-state index contributed by atoms with van der Waals surface area (Å²) in [5, 5.41) is 0. The number of amides is 1. The lowest BCUT2D eigenvalue weighted by Crippen LogP contribution is -2.40. The van der Waals surface area contributed by atoms with Crippen molar-refractivity contribution in [2.45, 2.75) is 25.8 Å². The van der Waals surface area contributed by atoms with Crippen molar-refractivity contribution in [3.8, 4) is 0 Å². The zero-order valence-corrected chi connectivity index (χ0v) is 16.4. The number of rotatable bonds is 4. The van der Waals surface area contributed by atoms with Gasteiger partial charge in [0.05, 0.1) is 6.54 Å². The van der Waals surface area contributed by atoms with E-state index in [1.165, 1.54) is 18.4 Å². The second-order valence-electron chi connectivity index (χ2n) is 6.74. The highest BCUT2D eigenvalue weighted by Gasteiger charge is 2.22. The van der Waals surface area contributed by atoms with Crippen LogP contribution in [0, 0.1) is 0 Å². The Bertz CT molecular complexity index is 538. The van der Waals surface area contributed by atoms with E-state index in [9.17, 15) is 4.79 Å². The molecule has 3 rings (SSSR count). The smallest absolute Gasteiger partial charge is 0.236 e. The fourth-order valence-electron chi connectivity index (χ4n) is 3.55. The van der Waals surface area contributed by atoms with Gasteiger partial charge >= 0.3 is 0 Å². The van der Waals surface area contributed by atoms with Crippen LogP contribution in [0.1, 0.15) is 24.8 Å². The molecule has 2 fully saturated rings. The molecule has 0 atom stereocenters. The Hall–Kier alpha value is -1.01. The van der Waals surface area contributed by atoms with E-state index >= 15 is 0 Å². The van der Waals surface area contributed by atoms with Gasteiger partial charge in [0.15, 0.2) is 0 Å². The van der Waals surface area contributed by atoms with Crippen LogP contribution in [0.15, 0.2) is 24.3 Å². The molecule has 0 spiro atoms. The van der Waals surface area contributed by atoms with Crippen LogP contribution in [0.25, 0.3) is 0 Å². The van der Waals surface area contributed by atoms with Crippen LogP contribution in [0.4, 0.5) is 5.69 Å². The SMILES string of the molecule is Cl.Cl.Nc1cccc(CN2CCCN(CC(=O)N3CCCC3)CC2)c1. The second kappa shape index (κ2) is 10.9. The average Bonchev–Trinajstić information content (AvgIpc) is 2.98. The molecule has 2 aliphatic rings. The van der Waals surface area contributed by atoms with Gasteiger partial charge in [0.1, 0.15) is 0 Å². The van der Waals surface area contributed by atoms with E-state index in [1.54, 1.807) is 0 Å². The molecule has 1 aromatic carbocycles. The normalized spacial score (nSPS) is 19.0. The van der Waals surface area contributed by atoms with E-state index in [0.717, 1.165) is 57.9 Å². The number of nitrogens with zero attached hydrogens (tertiary/aromatic N) is 3.